The fourth-order valence-electron chi connectivity index (χ4n) is 3.55. The summed E-state index contributed by atoms with van der Waals surface area (Å²) in [6.45, 7) is 1.27. The Hall–Kier alpha value is -2.53. The number of methoxy groups -OCH3 is 1. The first-order chi connectivity index (χ1) is 11.7. The zero-order valence-corrected chi connectivity index (χ0v) is 13.6. The van der Waals surface area contributed by atoms with Crippen LogP contribution in [0.3, 0.4) is 0 Å². The molecule has 0 bridgehead atoms. The highest BCUT2D eigenvalue weighted by atomic mass is 16.5. The van der Waals surface area contributed by atoms with Gasteiger partial charge in [-0.1, -0.05) is 12.1 Å². The summed E-state index contributed by atoms with van der Waals surface area (Å²) in [5, 5.41) is 3.61. The number of ether oxygens (including phenoxy) is 2. The van der Waals surface area contributed by atoms with E-state index in [2.05, 4.69) is 5.32 Å². The van der Waals surface area contributed by atoms with Crippen molar-refractivity contribution in [3.8, 4) is 5.75 Å². The molecule has 1 spiro atoms. The van der Waals surface area contributed by atoms with Gasteiger partial charge in [-0.15, -0.1) is 0 Å². The van der Waals surface area contributed by atoms with Gasteiger partial charge in [-0.25, -0.2) is 0 Å². The van der Waals surface area contributed by atoms with Crippen LogP contribution in [0.25, 0.3) is 0 Å². The van der Waals surface area contributed by atoms with Crippen LogP contribution < -0.4 is 15.0 Å². The van der Waals surface area contributed by atoms with Gasteiger partial charge in [0.1, 0.15) is 11.4 Å². The molecule has 0 aliphatic carbocycles. The number of amides is 1. The molecule has 1 fully saturated rings. The Morgan fingerprint density at radius 3 is 2.50 bits per heavy atom. The van der Waals surface area contributed by atoms with Gasteiger partial charge < -0.3 is 14.8 Å². The fourth-order valence-corrected chi connectivity index (χ4v) is 3.55. The Morgan fingerprint density at radius 2 is 1.79 bits per heavy atom. The predicted octanol–water partition coefficient (Wildman–Crippen LogP) is 3.27. The highest BCUT2D eigenvalue weighted by molar-refractivity contribution is 6.12. The zero-order valence-electron chi connectivity index (χ0n) is 13.6. The molecule has 0 atom stereocenters. The summed E-state index contributed by atoms with van der Waals surface area (Å²) < 4.78 is 10.8. The molecule has 1 saturated heterocycles. The molecular formula is C19H20N2O3. The second-order valence-electron chi connectivity index (χ2n) is 6.15. The van der Waals surface area contributed by atoms with E-state index in [1.807, 2.05) is 53.4 Å². The van der Waals surface area contributed by atoms with Crippen molar-refractivity contribution in [2.45, 2.75) is 18.5 Å². The van der Waals surface area contributed by atoms with Crippen molar-refractivity contribution < 1.29 is 14.3 Å². The fraction of sp³-hybridized carbons (Fsp3) is 0.316. The molecule has 24 heavy (non-hydrogen) atoms. The summed E-state index contributed by atoms with van der Waals surface area (Å²) in [5.74, 6) is 0.800. The topological polar surface area (TPSA) is 50.8 Å². The predicted molar refractivity (Wildman–Crippen MR) is 92.7 cm³/mol. The molecule has 4 rings (SSSR count). The molecule has 2 aliphatic rings. The van der Waals surface area contributed by atoms with Crippen molar-refractivity contribution in [3.63, 3.8) is 0 Å². The third-order valence-electron chi connectivity index (χ3n) is 4.81. The molecule has 2 aliphatic heterocycles. The van der Waals surface area contributed by atoms with Gasteiger partial charge in [0.15, 0.2) is 0 Å². The number of hydrogen-bond acceptors (Lipinski definition) is 4. The van der Waals surface area contributed by atoms with E-state index in [4.69, 9.17) is 9.47 Å². The first-order valence-electron chi connectivity index (χ1n) is 8.17. The first kappa shape index (κ1) is 15.0. The van der Waals surface area contributed by atoms with Gasteiger partial charge in [-0.05, 0) is 36.4 Å². The van der Waals surface area contributed by atoms with Gasteiger partial charge in [0.25, 0.3) is 5.91 Å². The molecule has 2 aromatic rings. The van der Waals surface area contributed by atoms with E-state index in [1.54, 1.807) is 7.11 Å². The minimum absolute atomic E-state index is 0.0245. The molecule has 5 heteroatoms. The SMILES string of the molecule is COc1ccc(N2C(=O)c3ccccc3NC23CCOCC3)cc1. The normalized spacial score (nSPS) is 18.9. The Balaban J connectivity index is 1.82. The average molecular weight is 324 g/mol. The van der Waals surface area contributed by atoms with Crippen molar-refractivity contribution in [3.05, 3.63) is 54.1 Å². The van der Waals surface area contributed by atoms with E-state index in [0.29, 0.717) is 18.8 Å². The molecule has 0 radical (unpaired) electrons. The minimum atomic E-state index is -0.446. The van der Waals surface area contributed by atoms with Crippen molar-refractivity contribution in [2.24, 2.45) is 0 Å². The Morgan fingerprint density at radius 1 is 1.08 bits per heavy atom. The third-order valence-corrected chi connectivity index (χ3v) is 4.81. The average Bonchev–Trinajstić information content (AvgIpc) is 2.63. The van der Waals surface area contributed by atoms with Crippen LogP contribution in [0.2, 0.25) is 0 Å². The van der Waals surface area contributed by atoms with E-state index >= 15 is 0 Å². The van der Waals surface area contributed by atoms with Gasteiger partial charge in [-0.2, -0.15) is 0 Å². The molecule has 2 aromatic carbocycles. The number of rotatable bonds is 2. The summed E-state index contributed by atoms with van der Waals surface area (Å²) in [4.78, 5) is 15.1. The second-order valence-corrected chi connectivity index (χ2v) is 6.15. The smallest absolute Gasteiger partial charge is 0.262 e. The number of carbonyl (C=O) groups is 1. The lowest BCUT2D eigenvalue weighted by Crippen LogP contribution is -2.62. The van der Waals surface area contributed by atoms with E-state index in [-0.39, 0.29) is 5.91 Å². The maximum atomic E-state index is 13.3. The summed E-state index contributed by atoms with van der Waals surface area (Å²) in [6.07, 6.45) is 1.50. The molecule has 1 N–H and O–H groups in total. The highest BCUT2D eigenvalue weighted by Crippen LogP contribution is 2.40. The first-order valence-corrected chi connectivity index (χ1v) is 8.17. The zero-order chi connectivity index (χ0) is 16.6. The largest absolute Gasteiger partial charge is 0.497 e. The van der Waals surface area contributed by atoms with Crippen molar-refractivity contribution >= 4 is 17.3 Å². The minimum Gasteiger partial charge on any atom is -0.497 e. The maximum absolute atomic E-state index is 13.3. The molecule has 0 aromatic heterocycles. The quantitative estimate of drug-likeness (QED) is 0.921. The number of nitrogens with one attached hydrogen (secondary N) is 1. The van der Waals surface area contributed by atoms with Gasteiger partial charge >= 0.3 is 0 Å². The van der Waals surface area contributed by atoms with Gasteiger partial charge in [0.05, 0.1) is 25.9 Å². The summed E-state index contributed by atoms with van der Waals surface area (Å²) >= 11 is 0. The van der Waals surface area contributed by atoms with Gasteiger partial charge in [0.2, 0.25) is 0 Å². The number of carbonyl (C=O) groups excluding carboxylic acids is 1. The number of fused-ring (bicyclic) bond motifs is 1. The third kappa shape index (κ3) is 2.32. The lowest BCUT2D eigenvalue weighted by atomic mass is 9.91. The van der Waals surface area contributed by atoms with Crippen molar-refractivity contribution in [1.82, 2.24) is 0 Å². The van der Waals surface area contributed by atoms with Crippen molar-refractivity contribution in [2.75, 3.05) is 30.5 Å². The van der Waals surface area contributed by atoms with Crippen LogP contribution in [0, 0.1) is 0 Å². The molecule has 124 valence electrons. The van der Waals surface area contributed by atoms with E-state index in [1.165, 1.54) is 0 Å². The molecule has 1 amide bonds. The van der Waals surface area contributed by atoms with Crippen LogP contribution in [-0.2, 0) is 4.74 Å². The lowest BCUT2D eigenvalue weighted by molar-refractivity contribution is 0.0540. The van der Waals surface area contributed by atoms with Crippen LogP contribution >= 0.6 is 0 Å². The van der Waals surface area contributed by atoms with Crippen LogP contribution in [0.4, 0.5) is 11.4 Å². The standard InChI is InChI=1S/C19H20N2O3/c1-23-15-8-6-14(7-9-15)21-18(22)16-4-2-3-5-17(16)20-19(21)10-12-24-13-11-19/h2-9,20H,10-13H2,1H3. The number of hydrogen-bond donors (Lipinski definition) is 1. The summed E-state index contributed by atoms with van der Waals surface area (Å²) in [7, 11) is 1.64. The van der Waals surface area contributed by atoms with Gasteiger partial charge in [0, 0.05) is 24.2 Å². The van der Waals surface area contributed by atoms with E-state index < -0.39 is 5.66 Å². The molecule has 0 saturated carbocycles. The van der Waals surface area contributed by atoms with Crippen molar-refractivity contribution in [1.29, 1.82) is 0 Å². The lowest BCUT2D eigenvalue weighted by Gasteiger charge is -2.50. The highest BCUT2D eigenvalue weighted by Gasteiger charge is 2.46. The van der Waals surface area contributed by atoms with E-state index in [9.17, 15) is 4.79 Å². The van der Waals surface area contributed by atoms with Gasteiger partial charge in [-0.3, -0.25) is 9.69 Å². The monoisotopic (exact) mass is 324 g/mol. The number of benzene rings is 2. The Kier molecular flexibility index (Phi) is 3.65. The Bertz CT molecular complexity index is 751. The molecule has 2 heterocycles. The Labute approximate surface area is 141 Å². The molecule has 0 unspecified atom stereocenters. The summed E-state index contributed by atoms with van der Waals surface area (Å²) in [6, 6.07) is 15.3. The number of nitrogens with zero attached hydrogens (tertiary/aromatic N) is 1. The summed E-state index contributed by atoms with van der Waals surface area (Å²) in [5.41, 5.74) is 2.02. The van der Waals surface area contributed by atoms with Crippen LogP contribution in [0.5, 0.6) is 5.75 Å². The van der Waals surface area contributed by atoms with Crippen LogP contribution in [0.1, 0.15) is 23.2 Å². The van der Waals surface area contributed by atoms with Crippen LogP contribution in [0.15, 0.2) is 48.5 Å². The molecular weight excluding hydrogens is 304 g/mol. The van der Waals surface area contributed by atoms with Crippen LogP contribution in [-0.4, -0.2) is 31.9 Å². The molecule has 5 nitrogen and oxygen atoms in total. The number of anilines is 2. The maximum Gasteiger partial charge on any atom is 0.262 e. The second kappa shape index (κ2) is 5.83. The number of para-hydroxylation sites is 1. The van der Waals surface area contributed by atoms with E-state index in [0.717, 1.165) is 30.0 Å².